The zero-order valence-corrected chi connectivity index (χ0v) is 11.5. The van der Waals surface area contributed by atoms with Crippen molar-refractivity contribution in [3.63, 3.8) is 0 Å². The zero-order chi connectivity index (χ0) is 15.1. The number of pyridine rings is 1. The van der Waals surface area contributed by atoms with Gasteiger partial charge in [-0.15, -0.1) is 11.3 Å². The van der Waals surface area contributed by atoms with Gasteiger partial charge in [0.2, 0.25) is 0 Å². The van der Waals surface area contributed by atoms with Crippen molar-refractivity contribution in [3.05, 3.63) is 22.2 Å². The highest BCUT2D eigenvalue weighted by atomic mass is 32.1. The monoisotopic (exact) mass is 304 g/mol. The molecule has 0 aromatic carbocycles. The molecule has 2 rings (SSSR count). The highest BCUT2D eigenvalue weighted by Crippen LogP contribution is 2.42. The Kier molecular flexibility index (Phi) is 3.59. The fourth-order valence-corrected chi connectivity index (χ4v) is 2.88. The number of rotatable bonds is 2. The van der Waals surface area contributed by atoms with Gasteiger partial charge < -0.3 is 10.5 Å². The standard InChI is InChI=1S/C12H11F3N2O2S/c1-3-19-11(18)9-8(16)7-6(12(13,14)15)4-5(2)17-10(7)20-9/h4H,3,16H2,1-2H3. The number of thiophene rings is 1. The van der Waals surface area contributed by atoms with Gasteiger partial charge in [-0.25, -0.2) is 9.78 Å². The number of nitrogens with zero attached hydrogens (tertiary/aromatic N) is 1. The average molecular weight is 304 g/mol. The topological polar surface area (TPSA) is 65.2 Å². The Bertz CT molecular complexity index is 679. The normalized spacial score (nSPS) is 11.8. The van der Waals surface area contributed by atoms with Crippen molar-refractivity contribution in [1.82, 2.24) is 4.98 Å². The number of esters is 1. The van der Waals surface area contributed by atoms with E-state index in [1.807, 2.05) is 0 Å². The number of carbonyl (C=O) groups is 1. The summed E-state index contributed by atoms with van der Waals surface area (Å²) in [5.74, 6) is -0.737. The number of hydrogen-bond donors (Lipinski definition) is 1. The molecule has 4 nitrogen and oxygen atoms in total. The molecule has 0 radical (unpaired) electrons. The molecule has 0 aliphatic rings. The second-order valence-electron chi connectivity index (χ2n) is 4.05. The maximum absolute atomic E-state index is 13.0. The van der Waals surface area contributed by atoms with Crippen LogP contribution in [0.4, 0.5) is 18.9 Å². The second kappa shape index (κ2) is 4.93. The maximum atomic E-state index is 13.0. The van der Waals surface area contributed by atoms with E-state index in [2.05, 4.69) is 4.98 Å². The van der Waals surface area contributed by atoms with Gasteiger partial charge >= 0.3 is 12.1 Å². The fourth-order valence-electron chi connectivity index (χ4n) is 1.82. The van der Waals surface area contributed by atoms with E-state index in [9.17, 15) is 18.0 Å². The van der Waals surface area contributed by atoms with Gasteiger partial charge in [0, 0.05) is 11.1 Å². The molecule has 2 aromatic heterocycles. The summed E-state index contributed by atoms with van der Waals surface area (Å²) >= 11 is 0.806. The van der Waals surface area contributed by atoms with Crippen LogP contribution in [0.5, 0.6) is 0 Å². The molecule has 2 heterocycles. The molecular weight excluding hydrogens is 293 g/mol. The van der Waals surface area contributed by atoms with Crippen molar-refractivity contribution >= 4 is 33.2 Å². The van der Waals surface area contributed by atoms with E-state index in [4.69, 9.17) is 10.5 Å². The molecule has 0 spiro atoms. The number of hydrogen-bond acceptors (Lipinski definition) is 5. The van der Waals surface area contributed by atoms with Gasteiger partial charge in [0.15, 0.2) is 0 Å². The largest absolute Gasteiger partial charge is 0.462 e. The van der Waals surface area contributed by atoms with E-state index in [1.165, 1.54) is 6.92 Å². The molecule has 2 aromatic rings. The predicted molar refractivity (Wildman–Crippen MR) is 69.7 cm³/mol. The van der Waals surface area contributed by atoms with Crippen molar-refractivity contribution in [2.75, 3.05) is 12.3 Å². The summed E-state index contributed by atoms with van der Waals surface area (Å²) < 4.78 is 43.9. The highest BCUT2D eigenvalue weighted by Gasteiger charge is 2.36. The highest BCUT2D eigenvalue weighted by molar-refractivity contribution is 7.21. The quantitative estimate of drug-likeness (QED) is 0.864. The zero-order valence-electron chi connectivity index (χ0n) is 10.7. The molecule has 0 atom stereocenters. The Morgan fingerprint density at radius 3 is 2.70 bits per heavy atom. The number of nitrogen functional groups attached to an aromatic ring is 1. The van der Waals surface area contributed by atoms with Crippen LogP contribution < -0.4 is 5.73 Å². The smallest absolute Gasteiger partial charge is 0.417 e. The van der Waals surface area contributed by atoms with Crippen LogP contribution >= 0.6 is 11.3 Å². The Morgan fingerprint density at radius 1 is 1.50 bits per heavy atom. The molecule has 0 unspecified atom stereocenters. The van der Waals surface area contributed by atoms with Crippen molar-refractivity contribution in [1.29, 1.82) is 0 Å². The van der Waals surface area contributed by atoms with E-state index in [0.29, 0.717) is 0 Å². The summed E-state index contributed by atoms with van der Waals surface area (Å²) in [5, 5.41) is -0.240. The lowest BCUT2D eigenvalue weighted by Gasteiger charge is -2.09. The Labute approximate surface area is 116 Å². The van der Waals surface area contributed by atoms with Crippen LogP contribution in [-0.2, 0) is 10.9 Å². The van der Waals surface area contributed by atoms with Crippen LogP contribution in [-0.4, -0.2) is 17.6 Å². The fraction of sp³-hybridized carbons (Fsp3) is 0.333. The lowest BCUT2D eigenvalue weighted by Crippen LogP contribution is -2.08. The summed E-state index contributed by atoms with van der Waals surface area (Å²) in [6.45, 7) is 3.17. The van der Waals surface area contributed by atoms with Crippen LogP contribution in [0.15, 0.2) is 6.07 Å². The van der Waals surface area contributed by atoms with Crippen LogP contribution in [0.3, 0.4) is 0 Å². The first-order valence-electron chi connectivity index (χ1n) is 5.69. The van der Waals surface area contributed by atoms with E-state index >= 15 is 0 Å². The third-order valence-electron chi connectivity index (χ3n) is 2.59. The first kappa shape index (κ1) is 14.6. The third-order valence-corrected chi connectivity index (χ3v) is 3.67. The lowest BCUT2D eigenvalue weighted by atomic mass is 10.1. The summed E-state index contributed by atoms with van der Waals surface area (Å²) in [6, 6.07) is 0.917. The summed E-state index contributed by atoms with van der Waals surface area (Å²) in [6.07, 6.45) is -4.56. The number of aryl methyl sites for hydroxylation is 1. The maximum Gasteiger partial charge on any atom is 0.417 e. The van der Waals surface area contributed by atoms with Gasteiger partial charge in [0.25, 0.3) is 0 Å². The molecule has 0 amide bonds. The predicted octanol–water partition coefficient (Wildman–Crippen LogP) is 3.38. The number of anilines is 1. The molecular formula is C12H11F3N2O2S. The van der Waals surface area contributed by atoms with Crippen molar-refractivity contribution in [2.24, 2.45) is 0 Å². The lowest BCUT2D eigenvalue weighted by molar-refractivity contribution is -0.136. The van der Waals surface area contributed by atoms with E-state index < -0.39 is 17.7 Å². The Balaban J connectivity index is 2.74. The molecule has 20 heavy (non-hydrogen) atoms. The molecule has 0 aliphatic heterocycles. The number of nitrogens with two attached hydrogens (primary N) is 1. The third kappa shape index (κ3) is 2.43. The van der Waals surface area contributed by atoms with Crippen molar-refractivity contribution < 1.29 is 22.7 Å². The van der Waals surface area contributed by atoms with Crippen LogP contribution in [0.2, 0.25) is 0 Å². The molecule has 0 aliphatic carbocycles. The van der Waals surface area contributed by atoms with Gasteiger partial charge in [0.05, 0.1) is 17.9 Å². The molecule has 2 N–H and O–H groups in total. The number of alkyl halides is 3. The van der Waals surface area contributed by atoms with E-state index in [0.717, 1.165) is 17.4 Å². The Morgan fingerprint density at radius 2 is 2.15 bits per heavy atom. The molecule has 0 saturated heterocycles. The Hall–Kier alpha value is -1.83. The molecule has 0 saturated carbocycles. The average Bonchev–Trinajstić information content (AvgIpc) is 2.64. The van der Waals surface area contributed by atoms with Crippen molar-refractivity contribution in [3.8, 4) is 0 Å². The second-order valence-corrected chi connectivity index (χ2v) is 5.05. The minimum Gasteiger partial charge on any atom is -0.462 e. The number of carbonyl (C=O) groups excluding carboxylic acids is 1. The first-order chi connectivity index (χ1) is 9.25. The summed E-state index contributed by atoms with van der Waals surface area (Å²) in [4.78, 5) is 15.7. The molecule has 108 valence electrons. The number of fused-ring (bicyclic) bond motifs is 1. The summed E-state index contributed by atoms with van der Waals surface area (Å²) in [5.41, 5.74) is 4.78. The number of halogens is 3. The van der Waals surface area contributed by atoms with Crippen LogP contribution in [0.25, 0.3) is 10.2 Å². The molecule has 8 heteroatoms. The molecule has 0 bridgehead atoms. The van der Waals surface area contributed by atoms with E-state index in [1.54, 1.807) is 6.92 Å². The minimum atomic E-state index is -4.56. The SMILES string of the molecule is CCOC(=O)c1sc2nc(C)cc(C(F)(F)F)c2c1N. The van der Waals surface area contributed by atoms with Crippen LogP contribution in [0, 0.1) is 6.92 Å². The first-order valence-corrected chi connectivity index (χ1v) is 6.51. The van der Waals surface area contributed by atoms with Crippen molar-refractivity contribution in [2.45, 2.75) is 20.0 Å². The van der Waals surface area contributed by atoms with Crippen LogP contribution in [0.1, 0.15) is 27.9 Å². The number of aromatic nitrogens is 1. The van der Waals surface area contributed by atoms with E-state index in [-0.39, 0.29) is 33.1 Å². The summed E-state index contributed by atoms with van der Waals surface area (Å²) in [7, 11) is 0. The molecule has 0 fully saturated rings. The minimum absolute atomic E-state index is 0.0505. The number of ether oxygens (including phenoxy) is 1. The van der Waals surface area contributed by atoms with Gasteiger partial charge in [0.1, 0.15) is 9.71 Å². The van der Waals surface area contributed by atoms with Gasteiger partial charge in [-0.05, 0) is 19.9 Å². The van der Waals surface area contributed by atoms with Gasteiger partial charge in [-0.3, -0.25) is 0 Å². The van der Waals surface area contributed by atoms with Gasteiger partial charge in [-0.1, -0.05) is 0 Å². The van der Waals surface area contributed by atoms with Gasteiger partial charge in [-0.2, -0.15) is 13.2 Å².